The van der Waals surface area contributed by atoms with Crippen molar-refractivity contribution in [2.24, 2.45) is 0 Å². The molecule has 1 aliphatic carbocycles. The summed E-state index contributed by atoms with van der Waals surface area (Å²) in [5.74, 6) is -0.604. The van der Waals surface area contributed by atoms with Crippen LogP contribution in [0.25, 0.3) is 0 Å². The number of methoxy groups -OCH3 is 1. The fraction of sp³-hybridized carbons (Fsp3) is 0.519. The van der Waals surface area contributed by atoms with Crippen LogP contribution in [-0.2, 0) is 14.3 Å². The minimum Gasteiger partial charge on any atom is -0.459 e. The molecule has 1 heterocycles. The molecule has 1 aromatic heterocycles. The predicted molar refractivity (Wildman–Crippen MR) is 133 cm³/mol. The Morgan fingerprint density at radius 2 is 1.74 bits per heavy atom. The van der Waals surface area contributed by atoms with Gasteiger partial charge in [-0.25, -0.2) is 0 Å². The monoisotopic (exact) mass is 483 g/mol. The molecule has 1 unspecified atom stereocenters. The summed E-state index contributed by atoms with van der Waals surface area (Å²) in [4.78, 5) is 40.8. The van der Waals surface area contributed by atoms with Gasteiger partial charge in [0.2, 0.25) is 11.8 Å². The van der Waals surface area contributed by atoms with E-state index in [2.05, 4.69) is 24.5 Å². The number of amides is 3. The second-order valence-electron chi connectivity index (χ2n) is 9.31. The first kappa shape index (κ1) is 26.5. The molecule has 1 aliphatic rings. The van der Waals surface area contributed by atoms with Crippen LogP contribution in [0.3, 0.4) is 0 Å². The number of hydrogen-bond donors (Lipinski definition) is 2. The van der Waals surface area contributed by atoms with Crippen LogP contribution in [0.1, 0.15) is 79.6 Å². The van der Waals surface area contributed by atoms with E-state index in [0.717, 1.165) is 36.8 Å². The molecule has 2 aromatic rings. The Morgan fingerprint density at radius 3 is 2.34 bits per heavy atom. The van der Waals surface area contributed by atoms with Crippen LogP contribution in [-0.4, -0.2) is 55.5 Å². The number of rotatable bonds is 11. The molecule has 190 valence electrons. The number of carbonyl (C=O) groups excluding carboxylic acids is 3. The molecule has 1 atom stereocenters. The first-order chi connectivity index (χ1) is 16.9. The summed E-state index contributed by atoms with van der Waals surface area (Å²) in [6.07, 6.45) is 6.63. The molecule has 0 radical (unpaired) electrons. The maximum absolute atomic E-state index is 13.6. The van der Waals surface area contributed by atoms with Gasteiger partial charge in [-0.15, -0.1) is 0 Å². The van der Waals surface area contributed by atoms with Crippen LogP contribution < -0.4 is 10.6 Å². The molecule has 3 amide bonds. The van der Waals surface area contributed by atoms with E-state index in [1.165, 1.54) is 23.7 Å². The van der Waals surface area contributed by atoms with Crippen molar-refractivity contribution in [1.29, 1.82) is 0 Å². The SMILES string of the molecule is COCCN(C(=O)CNC(=O)c1ccco1)C(C(=O)NC1CCCCC1)c1ccc(C(C)C)cc1. The van der Waals surface area contributed by atoms with Gasteiger partial charge in [0.05, 0.1) is 19.4 Å². The third-order valence-electron chi connectivity index (χ3n) is 6.43. The Kier molecular flexibility index (Phi) is 9.90. The maximum Gasteiger partial charge on any atom is 0.287 e. The molecule has 0 aliphatic heterocycles. The molecule has 0 bridgehead atoms. The third-order valence-corrected chi connectivity index (χ3v) is 6.43. The molecular weight excluding hydrogens is 446 g/mol. The van der Waals surface area contributed by atoms with Gasteiger partial charge < -0.3 is 24.7 Å². The van der Waals surface area contributed by atoms with Crippen LogP contribution in [0.4, 0.5) is 0 Å². The highest BCUT2D eigenvalue weighted by molar-refractivity contribution is 5.95. The second kappa shape index (κ2) is 13.1. The number of furan rings is 1. The van der Waals surface area contributed by atoms with Gasteiger partial charge in [-0.05, 0) is 42.0 Å². The first-order valence-corrected chi connectivity index (χ1v) is 12.4. The van der Waals surface area contributed by atoms with Crippen molar-refractivity contribution < 1.29 is 23.5 Å². The first-order valence-electron chi connectivity index (χ1n) is 12.4. The largest absolute Gasteiger partial charge is 0.459 e. The lowest BCUT2D eigenvalue weighted by molar-refractivity contribution is -0.141. The molecular formula is C27H37N3O5. The van der Waals surface area contributed by atoms with Gasteiger partial charge in [0, 0.05) is 19.7 Å². The summed E-state index contributed by atoms with van der Waals surface area (Å²) in [6, 6.07) is 10.2. The molecule has 0 saturated heterocycles. The third kappa shape index (κ3) is 7.42. The van der Waals surface area contributed by atoms with Crippen molar-refractivity contribution in [3.8, 4) is 0 Å². The Hall–Kier alpha value is -3.13. The minimum atomic E-state index is -0.832. The number of ether oxygens (including phenoxy) is 1. The van der Waals surface area contributed by atoms with Gasteiger partial charge in [-0.2, -0.15) is 0 Å². The fourth-order valence-electron chi connectivity index (χ4n) is 4.40. The number of carbonyl (C=O) groups is 3. The van der Waals surface area contributed by atoms with E-state index in [1.807, 2.05) is 24.3 Å². The van der Waals surface area contributed by atoms with E-state index in [-0.39, 0.29) is 43.3 Å². The van der Waals surface area contributed by atoms with Crippen molar-refractivity contribution in [3.63, 3.8) is 0 Å². The van der Waals surface area contributed by atoms with E-state index in [4.69, 9.17) is 9.15 Å². The summed E-state index contributed by atoms with van der Waals surface area (Å²) >= 11 is 0. The predicted octanol–water partition coefficient (Wildman–Crippen LogP) is 3.80. The zero-order valence-corrected chi connectivity index (χ0v) is 20.9. The molecule has 3 rings (SSSR count). The van der Waals surface area contributed by atoms with Crippen molar-refractivity contribution in [2.75, 3.05) is 26.8 Å². The van der Waals surface area contributed by atoms with Gasteiger partial charge in [-0.1, -0.05) is 57.4 Å². The van der Waals surface area contributed by atoms with Crippen molar-refractivity contribution in [3.05, 3.63) is 59.5 Å². The van der Waals surface area contributed by atoms with E-state index < -0.39 is 11.9 Å². The zero-order valence-electron chi connectivity index (χ0n) is 20.9. The highest BCUT2D eigenvalue weighted by Gasteiger charge is 2.33. The van der Waals surface area contributed by atoms with Crippen LogP contribution >= 0.6 is 0 Å². The van der Waals surface area contributed by atoms with Gasteiger partial charge in [-0.3, -0.25) is 14.4 Å². The van der Waals surface area contributed by atoms with E-state index in [9.17, 15) is 14.4 Å². The van der Waals surface area contributed by atoms with E-state index >= 15 is 0 Å². The van der Waals surface area contributed by atoms with Gasteiger partial charge in [0.1, 0.15) is 6.04 Å². The van der Waals surface area contributed by atoms with Crippen molar-refractivity contribution in [2.45, 2.75) is 64.0 Å². The summed E-state index contributed by atoms with van der Waals surface area (Å²) in [5, 5.41) is 5.77. The fourth-order valence-corrected chi connectivity index (χ4v) is 4.40. The quantitative estimate of drug-likeness (QED) is 0.506. The standard InChI is InChI=1S/C27H37N3O5/c1-19(2)20-11-13-21(14-12-20)25(27(33)29-22-8-5-4-6-9-22)30(15-17-34-3)24(31)18-28-26(32)23-10-7-16-35-23/h7,10-14,16,19,22,25H,4-6,8-9,15,17-18H2,1-3H3,(H,28,32)(H,29,33). The molecule has 1 aromatic carbocycles. The van der Waals surface area contributed by atoms with E-state index in [0.29, 0.717) is 5.92 Å². The molecule has 35 heavy (non-hydrogen) atoms. The number of nitrogens with one attached hydrogen (secondary N) is 2. The topological polar surface area (TPSA) is 101 Å². The lowest BCUT2D eigenvalue weighted by Crippen LogP contribution is -2.50. The summed E-state index contributed by atoms with van der Waals surface area (Å²) in [7, 11) is 1.55. The molecule has 1 saturated carbocycles. The smallest absolute Gasteiger partial charge is 0.287 e. The maximum atomic E-state index is 13.6. The van der Waals surface area contributed by atoms with Crippen LogP contribution in [0, 0.1) is 0 Å². The molecule has 8 heteroatoms. The van der Waals surface area contributed by atoms with Crippen LogP contribution in [0.5, 0.6) is 0 Å². The molecule has 8 nitrogen and oxygen atoms in total. The second-order valence-corrected chi connectivity index (χ2v) is 9.31. The summed E-state index contributed by atoms with van der Waals surface area (Å²) in [5.41, 5.74) is 1.88. The summed E-state index contributed by atoms with van der Waals surface area (Å²) < 4.78 is 10.3. The Morgan fingerprint density at radius 1 is 1.06 bits per heavy atom. The lowest BCUT2D eigenvalue weighted by atomic mass is 9.94. The van der Waals surface area contributed by atoms with E-state index in [1.54, 1.807) is 13.2 Å². The summed E-state index contributed by atoms with van der Waals surface area (Å²) in [6.45, 7) is 4.42. The Labute approximate surface area is 207 Å². The van der Waals surface area contributed by atoms with Gasteiger partial charge in [0.25, 0.3) is 5.91 Å². The van der Waals surface area contributed by atoms with Crippen molar-refractivity contribution >= 4 is 17.7 Å². The van der Waals surface area contributed by atoms with Crippen molar-refractivity contribution in [1.82, 2.24) is 15.5 Å². The van der Waals surface area contributed by atoms with Crippen LogP contribution in [0.2, 0.25) is 0 Å². The number of benzene rings is 1. The average Bonchev–Trinajstić information content (AvgIpc) is 3.41. The van der Waals surface area contributed by atoms with Crippen LogP contribution in [0.15, 0.2) is 47.1 Å². The number of hydrogen-bond acceptors (Lipinski definition) is 5. The highest BCUT2D eigenvalue weighted by Crippen LogP contribution is 2.26. The number of nitrogens with zero attached hydrogens (tertiary/aromatic N) is 1. The van der Waals surface area contributed by atoms with Gasteiger partial charge in [0.15, 0.2) is 5.76 Å². The lowest BCUT2D eigenvalue weighted by Gasteiger charge is -2.33. The Bertz CT molecular complexity index is 950. The van der Waals surface area contributed by atoms with Gasteiger partial charge >= 0.3 is 0 Å². The minimum absolute atomic E-state index is 0.103. The normalized spacial score (nSPS) is 15.0. The zero-order chi connectivity index (χ0) is 25.2. The molecule has 0 spiro atoms. The Balaban J connectivity index is 1.84. The molecule has 1 fully saturated rings. The average molecular weight is 484 g/mol. The highest BCUT2D eigenvalue weighted by atomic mass is 16.5. The molecule has 2 N–H and O–H groups in total.